The number of benzene rings is 2. The third-order valence-corrected chi connectivity index (χ3v) is 14.2. The summed E-state index contributed by atoms with van der Waals surface area (Å²) in [6.07, 6.45) is -11.9. The average Bonchev–Trinajstić information content (AvgIpc) is 3.86. The summed E-state index contributed by atoms with van der Waals surface area (Å²) in [5.41, 5.74) is 5.39. The first-order valence-corrected chi connectivity index (χ1v) is 22.4. The molecule has 0 amide bonds. The number of carbonyl (C=O) groups excluding carboxylic acids is 1. The van der Waals surface area contributed by atoms with E-state index < -0.39 is 94.3 Å². The highest BCUT2D eigenvalue weighted by molar-refractivity contribution is 8.54. The second kappa shape index (κ2) is 16.5. The van der Waals surface area contributed by atoms with E-state index in [0.717, 1.165) is 23.2 Å². The molecule has 2 aromatic carbocycles. The molecule has 0 spiro atoms. The van der Waals surface area contributed by atoms with Gasteiger partial charge in [0.1, 0.15) is 47.8 Å². The molecular formula is C34H33F2N7O14P2S. The fourth-order valence-corrected chi connectivity index (χ4v) is 10.9. The largest absolute Gasteiger partial charge is 0.508 e. The Morgan fingerprint density at radius 1 is 0.967 bits per heavy atom. The van der Waals surface area contributed by atoms with E-state index in [9.17, 15) is 33.5 Å². The first-order valence-electron chi connectivity index (χ1n) is 17.8. The van der Waals surface area contributed by atoms with Gasteiger partial charge >= 0.3 is 26.3 Å². The number of phenols is 1. The number of aromatic hydroxyl groups is 1. The van der Waals surface area contributed by atoms with Crippen LogP contribution in [0.15, 0.2) is 77.0 Å². The number of nitrogens with zero attached hydrogens (tertiary/aromatic N) is 5. The van der Waals surface area contributed by atoms with Crippen molar-refractivity contribution in [3.8, 4) is 11.5 Å². The first kappa shape index (κ1) is 41.8. The summed E-state index contributed by atoms with van der Waals surface area (Å²) >= 11 is 0.563. The zero-order valence-electron chi connectivity index (χ0n) is 30.8. The van der Waals surface area contributed by atoms with E-state index in [1.54, 1.807) is 6.92 Å². The van der Waals surface area contributed by atoms with Crippen LogP contribution in [0, 0.1) is 6.92 Å². The average molecular weight is 896 g/mol. The Labute approximate surface area is 339 Å². The van der Waals surface area contributed by atoms with Crippen molar-refractivity contribution in [3.05, 3.63) is 105 Å². The van der Waals surface area contributed by atoms with Crippen molar-refractivity contribution in [1.29, 1.82) is 0 Å². The maximum absolute atomic E-state index is 16.7. The van der Waals surface area contributed by atoms with Crippen LogP contribution in [0.4, 0.5) is 14.6 Å². The van der Waals surface area contributed by atoms with Crippen LogP contribution in [0.3, 0.4) is 0 Å². The van der Waals surface area contributed by atoms with E-state index >= 15 is 8.78 Å². The fraction of sp³-hybridized carbons (Fsp3) is 0.353. The van der Waals surface area contributed by atoms with Gasteiger partial charge in [-0.3, -0.25) is 37.0 Å². The molecule has 2 unspecified atom stereocenters. The molecule has 5 N–H and O–H groups in total. The summed E-state index contributed by atoms with van der Waals surface area (Å²) in [4.78, 5) is 62.1. The molecule has 318 valence electrons. The van der Waals surface area contributed by atoms with Crippen molar-refractivity contribution in [1.82, 2.24) is 29.1 Å². The topological polar surface area (TPSA) is 281 Å². The predicted octanol–water partition coefficient (Wildman–Crippen LogP) is 3.62. The van der Waals surface area contributed by atoms with E-state index in [0.29, 0.717) is 27.1 Å². The Morgan fingerprint density at radius 2 is 1.72 bits per heavy atom. The number of anilines is 1. The summed E-state index contributed by atoms with van der Waals surface area (Å²) in [7, 11) is -5.31. The van der Waals surface area contributed by atoms with Gasteiger partial charge in [0.15, 0.2) is 36.3 Å². The molecule has 0 aliphatic carbocycles. The third kappa shape index (κ3) is 8.53. The van der Waals surface area contributed by atoms with Gasteiger partial charge in [0.25, 0.3) is 5.56 Å². The fourth-order valence-electron chi connectivity index (χ4n) is 6.64. The number of aryl methyl sites for hydroxylation is 1. The molecule has 5 aromatic rings. The van der Waals surface area contributed by atoms with Gasteiger partial charge in [-0.05, 0) is 59.8 Å². The van der Waals surface area contributed by atoms with Crippen molar-refractivity contribution in [2.45, 2.75) is 61.9 Å². The van der Waals surface area contributed by atoms with Crippen molar-refractivity contribution in [3.63, 3.8) is 0 Å². The Bertz CT molecular complexity index is 2660. The number of imidazole rings is 1. The molecule has 60 heavy (non-hydrogen) atoms. The summed E-state index contributed by atoms with van der Waals surface area (Å²) in [6, 6.07) is 11.1. The molecule has 3 aromatic heterocycles. The van der Waals surface area contributed by atoms with E-state index in [2.05, 4.69) is 15.0 Å². The highest BCUT2D eigenvalue weighted by Crippen LogP contribution is 2.65. The highest BCUT2D eigenvalue weighted by Gasteiger charge is 2.55. The number of aromatic amines is 1. The van der Waals surface area contributed by atoms with Crippen LogP contribution in [0.2, 0.25) is 0 Å². The molecule has 2 bridgehead atoms. The van der Waals surface area contributed by atoms with Gasteiger partial charge in [0, 0.05) is 18.0 Å². The molecule has 6 heterocycles. The van der Waals surface area contributed by atoms with Gasteiger partial charge in [-0.1, -0.05) is 12.1 Å². The van der Waals surface area contributed by atoms with Gasteiger partial charge < -0.3 is 29.9 Å². The number of nitrogens with one attached hydrogen (secondary N) is 1. The zero-order valence-corrected chi connectivity index (χ0v) is 33.4. The third-order valence-electron chi connectivity index (χ3n) is 9.58. The Kier molecular flexibility index (Phi) is 11.5. The molecule has 8 rings (SSSR count). The minimum absolute atomic E-state index is 0.0187. The zero-order chi connectivity index (χ0) is 42.5. The Morgan fingerprint density at radius 3 is 2.47 bits per heavy atom. The van der Waals surface area contributed by atoms with Crippen LogP contribution in [0.25, 0.3) is 11.2 Å². The Hall–Kier alpha value is -4.87. The molecule has 10 atom stereocenters. The number of H-pyrrole nitrogens is 1. The van der Waals surface area contributed by atoms with E-state index in [1.165, 1.54) is 48.8 Å². The predicted molar refractivity (Wildman–Crippen MR) is 203 cm³/mol. The molecule has 3 fully saturated rings. The van der Waals surface area contributed by atoms with Gasteiger partial charge in [-0.2, -0.15) is 0 Å². The standard InChI is InChI=1S/C34H33F2N7O14P2S/c1-16-10-18(44)4-7-20(16)33(46)53-19-5-2-17(3-6-19)13-60-59(50)52-11-21-24(35)28(32(54-21)42-9-8-23(45)41-34(42)47)56-58(48,49)51-12-22-27(57-59)25(36)31(55-22)43-15-40-26-29(37)38-14-39-30(26)43/h2-10,14-15,21-22,24-25,27-28,31-32,44H,11-13H2,1H3,(H,48,49)(H2,37,38,39)(H,41,45,47)/t21?,22-,24-,25-,27-,28-,31-,32-,59-/m1/s1. The summed E-state index contributed by atoms with van der Waals surface area (Å²) in [5.74, 6) is -0.711. The highest BCUT2D eigenvalue weighted by atomic mass is 32.7. The monoisotopic (exact) mass is 895 g/mol. The van der Waals surface area contributed by atoms with Crippen LogP contribution in [0.5, 0.6) is 11.5 Å². The minimum atomic E-state index is -5.31. The lowest BCUT2D eigenvalue weighted by atomic mass is 10.1. The number of esters is 1. The molecule has 0 saturated carbocycles. The van der Waals surface area contributed by atoms with E-state index in [1.807, 2.05) is 4.98 Å². The second-order valence-electron chi connectivity index (χ2n) is 13.6. The van der Waals surface area contributed by atoms with Gasteiger partial charge in [-0.15, -0.1) is 0 Å². The van der Waals surface area contributed by atoms with Gasteiger partial charge in [-0.25, -0.2) is 42.5 Å². The van der Waals surface area contributed by atoms with Crippen LogP contribution >= 0.6 is 26.0 Å². The number of alkyl halides is 2. The lowest BCUT2D eigenvalue weighted by Crippen LogP contribution is -2.37. The number of hydrogen-bond donors (Lipinski definition) is 4. The number of aromatic nitrogens is 6. The van der Waals surface area contributed by atoms with Crippen molar-refractivity contribution in [2.75, 3.05) is 18.9 Å². The second-order valence-corrected chi connectivity index (χ2v) is 19.0. The number of carbonyl (C=O) groups is 1. The number of phosphoric ester groups is 1. The molecule has 3 saturated heterocycles. The lowest BCUT2D eigenvalue weighted by molar-refractivity contribution is -0.0652. The van der Waals surface area contributed by atoms with Gasteiger partial charge in [0.05, 0.1) is 25.1 Å². The summed E-state index contributed by atoms with van der Waals surface area (Å²) in [5, 5.41) is 9.67. The number of ether oxygens (including phenoxy) is 3. The number of halogens is 2. The number of nitrogen functional groups attached to an aromatic ring is 1. The van der Waals surface area contributed by atoms with E-state index in [-0.39, 0.29) is 39.8 Å². The van der Waals surface area contributed by atoms with Crippen LogP contribution in [0.1, 0.15) is 33.9 Å². The van der Waals surface area contributed by atoms with Crippen molar-refractivity contribution >= 4 is 49.0 Å². The quantitative estimate of drug-likeness (QED) is 0.103. The Balaban J connectivity index is 1.08. The van der Waals surface area contributed by atoms with Crippen LogP contribution in [-0.4, -0.2) is 95.0 Å². The number of phosphoric acid groups is 1. The number of nitrogens with two attached hydrogens (primary N) is 1. The maximum atomic E-state index is 16.7. The molecule has 3 aliphatic rings. The van der Waals surface area contributed by atoms with Crippen LogP contribution in [-0.2, 0) is 42.5 Å². The van der Waals surface area contributed by atoms with E-state index in [4.69, 9.17) is 38.0 Å². The van der Waals surface area contributed by atoms with Crippen molar-refractivity contribution in [2.24, 2.45) is 0 Å². The van der Waals surface area contributed by atoms with Gasteiger partial charge in [0.2, 0.25) is 0 Å². The van der Waals surface area contributed by atoms with Crippen molar-refractivity contribution < 1.29 is 65.0 Å². The maximum Gasteiger partial charge on any atom is 0.472 e. The molecule has 0 radical (unpaired) electrons. The number of hydrogen-bond acceptors (Lipinski definition) is 18. The molecule has 3 aliphatic heterocycles. The summed E-state index contributed by atoms with van der Waals surface area (Å²) < 4.78 is 102. The smallest absolute Gasteiger partial charge is 0.472 e. The minimum Gasteiger partial charge on any atom is -0.508 e. The number of fused-ring (bicyclic) bond motifs is 4. The molecular weight excluding hydrogens is 862 g/mol. The first-order chi connectivity index (χ1) is 28.6. The number of rotatable bonds is 7. The normalized spacial score (nSPS) is 30.9. The lowest BCUT2D eigenvalue weighted by Gasteiger charge is -2.27. The molecule has 26 heteroatoms. The van der Waals surface area contributed by atoms with Crippen LogP contribution < -0.4 is 21.7 Å². The SMILES string of the molecule is Cc1cc(O)ccc1C(=O)Oc1ccc(CS[P@]2(=O)OCC3O[C@@H](n4ccc(=O)[nH]c4=O)[C@H](OP(=O)(O)OC[C@H]4O[C@@H](n5cnc6c(N)ncnc65)[C@H](F)[C@@H]4O2)[C@@H]3F)cc1. The molecule has 21 nitrogen and oxygen atoms in total. The summed E-state index contributed by atoms with van der Waals surface area (Å²) in [6.45, 7) is -4.87. The number of phenolic OH excluding ortho intramolecular Hbond substituents is 1.